The van der Waals surface area contributed by atoms with Gasteiger partial charge in [-0.1, -0.05) is 36.0 Å². The molecule has 0 aliphatic rings. The third kappa shape index (κ3) is 3.44. The second-order valence-corrected chi connectivity index (χ2v) is 6.27. The summed E-state index contributed by atoms with van der Waals surface area (Å²) >= 11 is 1.62. The number of benzene rings is 1. The van der Waals surface area contributed by atoms with Crippen molar-refractivity contribution >= 4 is 11.8 Å². The highest BCUT2D eigenvalue weighted by Gasteiger charge is 2.16. The number of para-hydroxylation sites is 1. The van der Waals surface area contributed by atoms with Gasteiger partial charge in [-0.2, -0.15) is 0 Å². The predicted molar refractivity (Wildman–Crippen MR) is 98.4 cm³/mol. The van der Waals surface area contributed by atoms with Crippen molar-refractivity contribution in [2.45, 2.75) is 10.9 Å². The second kappa shape index (κ2) is 7.27. The van der Waals surface area contributed by atoms with Crippen LogP contribution in [0.5, 0.6) is 0 Å². The predicted octanol–water partition coefficient (Wildman–Crippen LogP) is 4.02. The van der Waals surface area contributed by atoms with Gasteiger partial charge in [-0.25, -0.2) is 0 Å². The summed E-state index contributed by atoms with van der Waals surface area (Å²) in [7, 11) is 0. The Kier molecular flexibility index (Phi) is 4.52. The maximum atomic E-state index is 4.41. The number of thioether (sulfide) groups is 1. The fraction of sp³-hybridized carbons (Fsp3) is 0.0526. The van der Waals surface area contributed by atoms with Gasteiger partial charge in [-0.05, 0) is 36.4 Å². The molecule has 0 aliphatic carbocycles. The summed E-state index contributed by atoms with van der Waals surface area (Å²) in [6.07, 6.45) is 5.36. The van der Waals surface area contributed by atoms with E-state index >= 15 is 0 Å². The molecule has 0 spiro atoms. The van der Waals surface area contributed by atoms with E-state index in [0.717, 1.165) is 33.7 Å². The van der Waals surface area contributed by atoms with Crippen molar-refractivity contribution in [2.24, 2.45) is 0 Å². The van der Waals surface area contributed by atoms with Gasteiger partial charge in [0.05, 0.1) is 5.69 Å². The lowest BCUT2D eigenvalue weighted by atomic mass is 10.2. The number of pyridine rings is 2. The molecule has 3 heterocycles. The molecule has 4 rings (SSSR count). The summed E-state index contributed by atoms with van der Waals surface area (Å²) < 4.78 is 2.06. The van der Waals surface area contributed by atoms with Crippen LogP contribution in [0, 0.1) is 0 Å². The van der Waals surface area contributed by atoms with Crippen LogP contribution in [0.2, 0.25) is 0 Å². The SMILES string of the molecule is c1ccc(-n2c(SCc3ccccn3)nnc2-c2cccnc2)cc1. The smallest absolute Gasteiger partial charge is 0.196 e. The molecule has 0 amide bonds. The van der Waals surface area contributed by atoms with Crippen LogP contribution in [0.1, 0.15) is 5.69 Å². The minimum atomic E-state index is 0.735. The largest absolute Gasteiger partial charge is 0.270 e. The minimum Gasteiger partial charge on any atom is -0.270 e. The zero-order valence-electron chi connectivity index (χ0n) is 13.4. The first-order valence-corrected chi connectivity index (χ1v) is 8.84. The third-order valence-electron chi connectivity index (χ3n) is 3.64. The van der Waals surface area contributed by atoms with Crippen molar-refractivity contribution in [2.75, 3.05) is 0 Å². The Morgan fingerprint density at radius 3 is 2.48 bits per heavy atom. The van der Waals surface area contributed by atoms with Crippen molar-refractivity contribution in [3.05, 3.63) is 84.9 Å². The van der Waals surface area contributed by atoms with Crippen LogP contribution >= 0.6 is 11.8 Å². The molecule has 0 saturated heterocycles. The van der Waals surface area contributed by atoms with Crippen LogP contribution in [0.4, 0.5) is 0 Å². The van der Waals surface area contributed by atoms with Crippen molar-refractivity contribution in [1.82, 2.24) is 24.7 Å². The number of hydrogen-bond donors (Lipinski definition) is 0. The topological polar surface area (TPSA) is 56.5 Å². The van der Waals surface area contributed by atoms with Gasteiger partial charge < -0.3 is 0 Å². The molecule has 4 aromatic rings. The third-order valence-corrected chi connectivity index (χ3v) is 4.61. The molecule has 122 valence electrons. The normalized spacial score (nSPS) is 10.7. The molecule has 3 aromatic heterocycles. The summed E-state index contributed by atoms with van der Waals surface area (Å²) in [6, 6.07) is 19.9. The first-order chi connectivity index (χ1) is 12.4. The Morgan fingerprint density at radius 2 is 1.72 bits per heavy atom. The highest BCUT2D eigenvalue weighted by molar-refractivity contribution is 7.98. The fourth-order valence-electron chi connectivity index (χ4n) is 2.48. The Balaban J connectivity index is 1.73. The number of hydrogen-bond acceptors (Lipinski definition) is 5. The molecule has 6 heteroatoms. The zero-order chi connectivity index (χ0) is 16.9. The standard InChI is InChI=1S/C19H15N5S/c1-2-9-17(10-3-1)24-18(15-7-6-11-20-13-15)22-23-19(24)25-14-16-8-4-5-12-21-16/h1-13H,14H2. The van der Waals surface area contributed by atoms with Crippen molar-refractivity contribution in [3.63, 3.8) is 0 Å². The first-order valence-electron chi connectivity index (χ1n) is 7.86. The monoisotopic (exact) mass is 345 g/mol. The fourth-order valence-corrected chi connectivity index (χ4v) is 3.34. The van der Waals surface area contributed by atoms with E-state index in [2.05, 4.69) is 24.7 Å². The van der Waals surface area contributed by atoms with E-state index in [1.807, 2.05) is 60.7 Å². The van der Waals surface area contributed by atoms with Crippen LogP contribution in [0.25, 0.3) is 17.1 Å². The Morgan fingerprint density at radius 1 is 0.840 bits per heavy atom. The number of aromatic nitrogens is 5. The molecule has 0 fully saturated rings. The highest BCUT2D eigenvalue weighted by Crippen LogP contribution is 2.28. The molecular formula is C19H15N5S. The Bertz CT molecular complexity index is 939. The molecule has 5 nitrogen and oxygen atoms in total. The van der Waals surface area contributed by atoms with Crippen LogP contribution in [0.15, 0.2) is 84.4 Å². The van der Waals surface area contributed by atoms with E-state index < -0.39 is 0 Å². The van der Waals surface area contributed by atoms with Gasteiger partial charge in [-0.15, -0.1) is 10.2 Å². The van der Waals surface area contributed by atoms with Gasteiger partial charge in [0.25, 0.3) is 0 Å². The van der Waals surface area contributed by atoms with Gasteiger partial charge in [0, 0.05) is 35.6 Å². The Labute approximate surface area is 149 Å². The molecule has 0 unspecified atom stereocenters. The van der Waals surface area contributed by atoms with E-state index in [-0.39, 0.29) is 0 Å². The second-order valence-electron chi connectivity index (χ2n) is 5.33. The molecule has 0 saturated carbocycles. The molecule has 0 atom stereocenters. The van der Waals surface area contributed by atoms with Crippen LogP contribution in [0.3, 0.4) is 0 Å². The van der Waals surface area contributed by atoms with Crippen molar-refractivity contribution < 1.29 is 0 Å². The Hall–Kier alpha value is -2.99. The zero-order valence-corrected chi connectivity index (χ0v) is 14.2. The molecule has 25 heavy (non-hydrogen) atoms. The molecular weight excluding hydrogens is 330 g/mol. The van der Waals surface area contributed by atoms with Gasteiger partial charge in [0.15, 0.2) is 11.0 Å². The van der Waals surface area contributed by atoms with Gasteiger partial charge in [0.2, 0.25) is 0 Å². The minimum absolute atomic E-state index is 0.735. The number of nitrogens with zero attached hydrogens (tertiary/aromatic N) is 5. The quantitative estimate of drug-likeness (QED) is 0.511. The maximum absolute atomic E-state index is 4.41. The van der Waals surface area contributed by atoms with Gasteiger partial charge >= 0.3 is 0 Å². The van der Waals surface area contributed by atoms with Crippen LogP contribution in [-0.4, -0.2) is 24.7 Å². The van der Waals surface area contributed by atoms with E-state index in [1.54, 1.807) is 30.4 Å². The molecule has 0 radical (unpaired) electrons. The van der Waals surface area contributed by atoms with Crippen LogP contribution in [-0.2, 0) is 5.75 Å². The van der Waals surface area contributed by atoms with Gasteiger partial charge in [-0.3, -0.25) is 14.5 Å². The van der Waals surface area contributed by atoms with Gasteiger partial charge in [0.1, 0.15) is 0 Å². The van der Waals surface area contributed by atoms with E-state index in [0.29, 0.717) is 0 Å². The first kappa shape index (κ1) is 15.5. The van der Waals surface area contributed by atoms with E-state index in [9.17, 15) is 0 Å². The molecule has 0 N–H and O–H groups in total. The molecule has 0 aliphatic heterocycles. The van der Waals surface area contributed by atoms with E-state index in [4.69, 9.17) is 0 Å². The summed E-state index contributed by atoms with van der Waals surface area (Å²) in [5.41, 5.74) is 2.97. The summed E-state index contributed by atoms with van der Waals surface area (Å²) in [5.74, 6) is 1.52. The van der Waals surface area contributed by atoms with Crippen molar-refractivity contribution in [1.29, 1.82) is 0 Å². The average Bonchev–Trinajstić information content (AvgIpc) is 3.12. The summed E-state index contributed by atoms with van der Waals surface area (Å²) in [5, 5.41) is 9.64. The molecule has 0 bridgehead atoms. The summed E-state index contributed by atoms with van der Waals surface area (Å²) in [4.78, 5) is 8.57. The summed E-state index contributed by atoms with van der Waals surface area (Å²) in [6.45, 7) is 0. The van der Waals surface area contributed by atoms with Crippen LogP contribution < -0.4 is 0 Å². The van der Waals surface area contributed by atoms with Crippen molar-refractivity contribution in [3.8, 4) is 17.1 Å². The highest BCUT2D eigenvalue weighted by atomic mass is 32.2. The van der Waals surface area contributed by atoms with E-state index in [1.165, 1.54) is 0 Å². The number of rotatable bonds is 5. The lowest BCUT2D eigenvalue weighted by Crippen LogP contribution is -2.00. The molecule has 1 aromatic carbocycles. The lowest BCUT2D eigenvalue weighted by molar-refractivity contribution is 0.885. The lowest BCUT2D eigenvalue weighted by Gasteiger charge is -2.10. The maximum Gasteiger partial charge on any atom is 0.196 e. The average molecular weight is 345 g/mol.